The monoisotopic (exact) mass is 1500 g/mol. The van der Waals surface area contributed by atoms with Crippen molar-refractivity contribution < 1.29 is 92.0 Å². The second kappa shape index (κ2) is 47.8. The summed E-state index contributed by atoms with van der Waals surface area (Å²) in [6.07, 6.45) is 1.17. The van der Waals surface area contributed by atoms with Crippen LogP contribution in [0.4, 0.5) is 0 Å². The second-order valence-corrected chi connectivity index (χ2v) is 28.3. The van der Waals surface area contributed by atoms with Crippen LogP contribution in [-0.2, 0) is 83.1 Å². The van der Waals surface area contributed by atoms with Gasteiger partial charge >= 0.3 is 11.9 Å². The third-order valence-corrected chi connectivity index (χ3v) is 17.6. The number of amides is 14. The average molecular weight is 1500 g/mol. The van der Waals surface area contributed by atoms with Crippen molar-refractivity contribution in [3.63, 3.8) is 0 Å². The van der Waals surface area contributed by atoms with E-state index in [9.17, 15) is 92.0 Å². The number of primary amides is 1. The van der Waals surface area contributed by atoms with Crippen LogP contribution in [0.1, 0.15) is 171 Å². The molecule has 23 N–H and O–H groups in total. The minimum Gasteiger partial charge on any atom is -0.508 e. The maximum atomic E-state index is 14.5. The summed E-state index contributed by atoms with van der Waals surface area (Å²) in [5, 5.41) is 59.6. The van der Waals surface area contributed by atoms with Crippen molar-refractivity contribution in [2.24, 2.45) is 52.5 Å². The molecule has 1 aliphatic rings. The number of carboxylic acid groups (broad SMARTS) is 2. The Morgan fingerprint density at radius 3 is 1.44 bits per heavy atom. The van der Waals surface area contributed by atoms with E-state index < -0.39 is 212 Å². The number of hydrogen-bond acceptors (Lipinski definition) is 20. The van der Waals surface area contributed by atoms with Gasteiger partial charge in [-0.1, -0.05) is 87.8 Å². The van der Waals surface area contributed by atoms with E-state index in [1.807, 2.05) is 27.7 Å². The Bertz CT molecular complexity index is 3140. The van der Waals surface area contributed by atoms with Crippen molar-refractivity contribution in [2.45, 2.75) is 238 Å². The van der Waals surface area contributed by atoms with Crippen LogP contribution in [-0.4, -0.2) is 221 Å². The molecule has 0 aromatic heterocycles. The number of carbonyl (C=O) groups is 16. The molecule has 1 heterocycles. The molecule has 14 amide bonds. The lowest BCUT2D eigenvalue weighted by Crippen LogP contribution is -2.61. The number of carboxylic acids is 2. The van der Waals surface area contributed by atoms with Crippen molar-refractivity contribution in [1.29, 1.82) is 0 Å². The Kier molecular flexibility index (Phi) is 41.7. The highest BCUT2D eigenvalue weighted by Gasteiger charge is 2.40. The van der Waals surface area contributed by atoms with E-state index in [1.54, 1.807) is 41.5 Å². The van der Waals surface area contributed by atoms with Crippen LogP contribution in [0.25, 0.3) is 0 Å². The Labute approximate surface area is 618 Å². The second-order valence-electron chi connectivity index (χ2n) is 28.3. The molecular formula is C70H117N17O19. The summed E-state index contributed by atoms with van der Waals surface area (Å²) in [6.45, 7) is 15.6. The fraction of sp³-hybridized carbons (Fsp3) is 0.686. The fourth-order valence-electron chi connectivity index (χ4n) is 11.3. The lowest BCUT2D eigenvalue weighted by Gasteiger charge is -2.30. The van der Waals surface area contributed by atoms with Gasteiger partial charge in [-0.25, -0.2) is 4.79 Å². The topological polar surface area (TPSA) is 585 Å². The van der Waals surface area contributed by atoms with Gasteiger partial charge in [0.05, 0.1) is 25.7 Å². The van der Waals surface area contributed by atoms with Crippen LogP contribution < -0.4 is 86.7 Å². The molecule has 596 valence electrons. The van der Waals surface area contributed by atoms with Crippen LogP contribution in [0.15, 0.2) is 24.3 Å². The summed E-state index contributed by atoms with van der Waals surface area (Å²) in [5.41, 5.74) is 23.2. The quantitative estimate of drug-likeness (QED) is 0.0287. The summed E-state index contributed by atoms with van der Waals surface area (Å²) in [7, 11) is 0. The number of aromatic hydroxyl groups is 1. The normalized spacial score (nSPS) is 15.8. The SMILES string of the molecule is CC[C@H](C)[C@H](N)C(=O)N[C@@H](CCCCN)C(=O)NCC(=O)N[C@@H](CC(C)C)C(=O)N[C@@H](CCCCN)C(=O)N1CCC[C@H]1C(=O)NCC(=O)N[C@H](C(=O)N[C@H](C(=O)N[C@@H](Cc1ccc(O)cc1)C(=O)N[C@@H](CCC(=O)O)C(=O)NCC(=O)N[C@@H](CCC(N)=O)C(=O)N[C@@H](CC(C)C)C(=O)O)C(C)C)C(C)C. The van der Waals surface area contributed by atoms with Crippen LogP contribution in [0.3, 0.4) is 0 Å². The molecule has 0 spiro atoms. The molecule has 1 aromatic rings. The third-order valence-electron chi connectivity index (χ3n) is 17.6. The van der Waals surface area contributed by atoms with E-state index in [-0.39, 0.29) is 81.5 Å². The first-order valence-corrected chi connectivity index (χ1v) is 36.3. The van der Waals surface area contributed by atoms with Gasteiger partial charge in [-0.2, -0.15) is 0 Å². The van der Waals surface area contributed by atoms with Crippen LogP contribution in [0.2, 0.25) is 0 Å². The standard InChI is InChI=1S/C70H117N17O19/c1-11-41(10)57(74)66(101)81-44(17-12-14-28-71)60(95)75-35-54(91)79-48(31-37(2)3)63(98)82-47(18-13-15-29-72)69(104)87-30-16-19-51(87)65(100)77-36-55(92)85-58(39(6)7)68(103)86-59(40(8)9)67(102)83-49(33-42-20-22-43(88)23-21-42)64(99)80-45(25-27-56(93)94)61(96)76-34-53(90)78-46(24-26-52(73)89)62(97)84-50(70(105)106)32-38(4)5/h20-23,37-41,44-51,57-59,88H,11-19,24-36,71-72,74H2,1-10H3,(H2,73,89)(H,75,95)(H,76,96)(H,77,100)(H,78,90)(H,79,91)(H,80,99)(H,81,101)(H,82,98)(H,83,102)(H,84,97)(H,85,92)(H,86,103)(H,93,94)(H,105,106)/t41-,44-,45-,46-,47-,48-,49-,50-,51-,57-,58-,59-/m0/s1. The van der Waals surface area contributed by atoms with Crippen molar-refractivity contribution >= 4 is 94.6 Å². The molecule has 1 saturated heterocycles. The number of carbonyl (C=O) groups excluding carboxylic acids is 14. The molecular weight excluding hydrogens is 1380 g/mol. The maximum Gasteiger partial charge on any atom is 0.326 e. The highest BCUT2D eigenvalue weighted by Crippen LogP contribution is 2.22. The predicted octanol–water partition coefficient (Wildman–Crippen LogP) is -3.11. The molecule has 0 unspecified atom stereocenters. The average Bonchev–Trinajstić information content (AvgIpc) is 1.65. The van der Waals surface area contributed by atoms with Crippen LogP contribution in [0.5, 0.6) is 5.75 Å². The van der Waals surface area contributed by atoms with Gasteiger partial charge in [-0.05, 0) is 137 Å². The first-order valence-electron chi connectivity index (χ1n) is 36.3. The highest BCUT2D eigenvalue weighted by molar-refractivity contribution is 5.99. The minimum absolute atomic E-state index is 0.0168. The number of rotatable bonds is 50. The Hall–Kier alpha value is -9.58. The van der Waals surface area contributed by atoms with Crippen LogP contribution in [0, 0.1) is 29.6 Å². The smallest absolute Gasteiger partial charge is 0.326 e. The van der Waals surface area contributed by atoms with Crippen LogP contribution >= 0.6 is 0 Å². The summed E-state index contributed by atoms with van der Waals surface area (Å²) in [4.78, 5) is 216. The summed E-state index contributed by atoms with van der Waals surface area (Å²) >= 11 is 0. The number of nitrogens with zero attached hydrogens (tertiary/aromatic N) is 1. The Morgan fingerprint density at radius 1 is 0.491 bits per heavy atom. The molecule has 36 nitrogen and oxygen atoms in total. The molecule has 0 saturated carbocycles. The molecule has 36 heteroatoms. The first kappa shape index (κ1) is 92.5. The number of unbranched alkanes of at least 4 members (excludes halogenated alkanes) is 2. The molecule has 0 aliphatic carbocycles. The van der Waals surface area contributed by atoms with E-state index in [1.165, 1.54) is 29.2 Å². The van der Waals surface area contributed by atoms with Gasteiger partial charge in [0.15, 0.2) is 0 Å². The number of benzene rings is 1. The van der Waals surface area contributed by atoms with E-state index in [0.717, 1.165) is 0 Å². The minimum atomic E-state index is -1.70. The van der Waals surface area contributed by atoms with E-state index in [0.29, 0.717) is 50.6 Å². The number of aliphatic carboxylic acids is 2. The molecule has 0 radical (unpaired) electrons. The van der Waals surface area contributed by atoms with Gasteiger partial charge in [-0.3, -0.25) is 71.9 Å². The van der Waals surface area contributed by atoms with Gasteiger partial charge in [0.1, 0.15) is 66.2 Å². The number of hydrogen-bond donors (Lipinski definition) is 19. The lowest BCUT2D eigenvalue weighted by atomic mass is 9.98. The van der Waals surface area contributed by atoms with Crippen molar-refractivity contribution in [3.8, 4) is 5.75 Å². The number of phenols is 1. The zero-order valence-corrected chi connectivity index (χ0v) is 62.7. The molecule has 1 aliphatic heterocycles. The first-order chi connectivity index (χ1) is 49.8. The van der Waals surface area contributed by atoms with Crippen molar-refractivity contribution in [3.05, 3.63) is 29.8 Å². The van der Waals surface area contributed by atoms with E-state index in [4.69, 9.17) is 22.9 Å². The lowest BCUT2D eigenvalue weighted by molar-refractivity contribution is -0.143. The maximum absolute atomic E-state index is 14.5. The zero-order chi connectivity index (χ0) is 80.1. The molecule has 0 bridgehead atoms. The Morgan fingerprint density at radius 2 is 0.925 bits per heavy atom. The zero-order valence-electron chi connectivity index (χ0n) is 62.7. The van der Waals surface area contributed by atoms with Gasteiger partial charge in [0, 0.05) is 25.8 Å². The van der Waals surface area contributed by atoms with Crippen molar-refractivity contribution in [1.82, 2.24) is 68.7 Å². The highest BCUT2D eigenvalue weighted by atomic mass is 16.4. The number of likely N-dealkylation sites (tertiary alicyclic amines) is 1. The number of phenolic OH excluding ortho intramolecular Hbond substituents is 1. The van der Waals surface area contributed by atoms with Gasteiger partial charge in [-0.15, -0.1) is 0 Å². The molecule has 106 heavy (non-hydrogen) atoms. The Balaban J connectivity index is 2.30. The van der Waals surface area contributed by atoms with E-state index >= 15 is 0 Å². The van der Waals surface area contributed by atoms with Gasteiger partial charge in [0.2, 0.25) is 82.7 Å². The van der Waals surface area contributed by atoms with Crippen molar-refractivity contribution in [2.75, 3.05) is 39.3 Å². The molecule has 1 aromatic carbocycles. The molecule has 12 atom stereocenters. The van der Waals surface area contributed by atoms with Gasteiger partial charge < -0.3 is 107 Å². The molecule has 2 rings (SSSR count). The van der Waals surface area contributed by atoms with Gasteiger partial charge in [0.25, 0.3) is 0 Å². The summed E-state index contributed by atoms with van der Waals surface area (Å²) in [5.74, 6) is -16.4. The third kappa shape index (κ3) is 34.1. The van der Waals surface area contributed by atoms with E-state index in [2.05, 4.69) is 63.8 Å². The number of nitrogens with two attached hydrogens (primary N) is 4. The molecule has 1 fully saturated rings. The summed E-state index contributed by atoms with van der Waals surface area (Å²) < 4.78 is 0. The summed E-state index contributed by atoms with van der Waals surface area (Å²) in [6, 6.07) is -8.91. The number of nitrogens with one attached hydrogen (secondary N) is 12. The largest absolute Gasteiger partial charge is 0.508 e. The fourth-order valence-corrected chi connectivity index (χ4v) is 11.3. The predicted molar refractivity (Wildman–Crippen MR) is 388 cm³/mol.